The van der Waals surface area contributed by atoms with Crippen molar-refractivity contribution >= 4 is 28.7 Å². The molecule has 2 aromatic heterocycles. The molecule has 0 aliphatic carbocycles. The monoisotopic (exact) mass is 465 g/mol. The van der Waals surface area contributed by atoms with Gasteiger partial charge < -0.3 is 14.3 Å². The Morgan fingerprint density at radius 3 is 2.31 bits per heavy atom. The van der Waals surface area contributed by atoms with Gasteiger partial charge in [0.15, 0.2) is 18.1 Å². The molecule has 0 atom stereocenters. The Bertz CT molecular complexity index is 1510. The number of hydrogen-bond donors (Lipinski definition) is 2. The van der Waals surface area contributed by atoms with Gasteiger partial charge in [-0.3, -0.25) is 5.32 Å². The summed E-state index contributed by atoms with van der Waals surface area (Å²) in [6.07, 6.45) is 0.390. The molecule has 172 valence electrons. The lowest BCUT2D eigenvalue weighted by molar-refractivity contribution is 0.0691. The number of furan rings is 1. The van der Waals surface area contributed by atoms with Crippen molar-refractivity contribution < 1.29 is 23.8 Å². The summed E-state index contributed by atoms with van der Waals surface area (Å²) in [7, 11) is 0. The van der Waals surface area contributed by atoms with Gasteiger partial charge in [-0.2, -0.15) is 0 Å². The topological polar surface area (TPSA) is 115 Å². The molecular formula is C27H19N3O5. The van der Waals surface area contributed by atoms with Crippen molar-refractivity contribution in [1.29, 1.82) is 0 Å². The van der Waals surface area contributed by atoms with Crippen LogP contribution in [0.4, 0.5) is 10.5 Å². The minimum absolute atomic E-state index is 0.0701. The highest BCUT2D eigenvalue weighted by atomic mass is 16.6. The Kier molecular flexibility index (Phi) is 5.92. The van der Waals surface area contributed by atoms with Gasteiger partial charge >= 0.3 is 12.1 Å². The molecule has 35 heavy (non-hydrogen) atoms. The lowest BCUT2D eigenvalue weighted by atomic mass is 10.0. The van der Waals surface area contributed by atoms with Crippen molar-refractivity contribution in [1.82, 2.24) is 9.97 Å². The van der Waals surface area contributed by atoms with E-state index < -0.39 is 12.1 Å². The number of nitrogens with zero attached hydrogens (tertiary/aromatic N) is 2. The van der Waals surface area contributed by atoms with Gasteiger partial charge in [0, 0.05) is 10.9 Å². The van der Waals surface area contributed by atoms with E-state index in [1.165, 1.54) is 6.20 Å². The van der Waals surface area contributed by atoms with Crippen LogP contribution in [0.1, 0.15) is 16.2 Å². The van der Waals surface area contributed by atoms with E-state index in [1.54, 1.807) is 30.3 Å². The fraction of sp³-hybridized carbons (Fsp3) is 0.0370. The van der Waals surface area contributed by atoms with E-state index in [0.29, 0.717) is 16.9 Å². The summed E-state index contributed by atoms with van der Waals surface area (Å²) in [5.74, 6) is -0.611. The van der Waals surface area contributed by atoms with Crippen molar-refractivity contribution in [2.75, 3.05) is 5.32 Å². The van der Waals surface area contributed by atoms with Crippen LogP contribution in [0.3, 0.4) is 0 Å². The second-order valence-corrected chi connectivity index (χ2v) is 7.66. The van der Waals surface area contributed by atoms with E-state index in [4.69, 9.17) is 9.15 Å². The average molecular weight is 465 g/mol. The molecule has 0 fully saturated rings. The molecule has 0 radical (unpaired) electrons. The van der Waals surface area contributed by atoms with Crippen LogP contribution < -0.4 is 5.32 Å². The zero-order valence-corrected chi connectivity index (χ0v) is 18.3. The van der Waals surface area contributed by atoms with Gasteiger partial charge in [-0.25, -0.2) is 19.6 Å². The van der Waals surface area contributed by atoms with Crippen molar-refractivity contribution in [3.63, 3.8) is 0 Å². The maximum atomic E-state index is 12.3. The predicted octanol–water partition coefficient (Wildman–Crippen LogP) is 6.00. The molecule has 0 bridgehead atoms. The van der Waals surface area contributed by atoms with Gasteiger partial charge in [0.1, 0.15) is 11.3 Å². The van der Waals surface area contributed by atoms with E-state index in [9.17, 15) is 14.7 Å². The number of benzene rings is 3. The fourth-order valence-corrected chi connectivity index (χ4v) is 3.62. The summed E-state index contributed by atoms with van der Waals surface area (Å²) in [4.78, 5) is 32.3. The number of carbonyl (C=O) groups excluding carboxylic acids is 1. The van der Waals surface area contributed by atoms with Crippen LogP contribution in [0.2, 0.25) is 0 Å². The molecule has 2 heterocycles. The molecule has 8 heteroatoms. The first kappa shape index (κ1) is 21.8. The highest BCUT2D eigenvalue weighted by Crippen LogP contribution is 2.27. The quantitative estimate of drug-likeness (QED) is 0.316. The van der Waals surface area contributed by atoms with E-state index in [-0.39, 0.29) is 23.8 Å². The largest absolute Gasteiger partial charge is 0.476 e. The van der Waals surface area contributed by atoms with E-state index >= 15 is 0 Å². The Morgan fingerprint density at radius 2 is 1.60 bits per heavy atom. The van der Waals surface area contributed by atoms with E-state index in [0.717, 1.165) is 16.5 Å². The average Bonchev–Trinajstić information content (AvgIpc) is 3.31. The standard InChI is InChI=1S/C27H19N3O5/c31-26(32)24-22(15-28-25(30-24)18-9-5-2-6-10-18)29-27(33)34-16-21-14-20-13-19(11-12-23(20)35-21)17-7-3-1-4-8-17/h1-15H,16H2,(H,29,33)(H,31,32). The van der Waals surface area contributed by atoms with E-state index in [1.807, 2.05) is 54.6 Å². The third-order valence-corrected chi connectivity index (χ3v) is 5.28. The number of anilines is 1. The Morgan fingerprint density at radius 1 is 0.886 bits per heavy atom. The minimum atomic E-state index is -1.30. The van der Waals surface area contributed by atoms with Crippen molar-refractivity contribution in [3.8, 4) is 22.5 Å². The molecule has 1 amide bonds. The summed E-state index contributed by atoms with van der Waals surface area (Å²) < 4.78 is 11.0. The molecule has 2 N–H and O–H groups in total. The summed E-state index contributed by atoms with van der Waals surface area (Å²) in [6, 6.07) is 26.5. The minimum Gasteiger partial charge on any atom is -0.476 e. The number of carboxylic acids is 1. The van der Waals surface area contributed by atoms with Crippen molar-refractivity contribution in [2.24, 2.45) is 0 Å². The first-order chi connectivity index (χ1) is 17.1. The number of carbonyl (C=O) groups is 2. The van der Waals surface area contributed by atoms with Crippen LogP contribution in [-0.4, -0.2) is 27.1 Å². The first-order valence-electron chi connectivity index (χ1n) is 10.7. The predicted molar refractivity (Wildman–Crippen MR) is 130 cm³/mol. The van der Waals surface area contributed by atoms with Crippen LogP contribution in [0.5, 0.6) is 0 Å². The number of aromatic nitrogens is 2. The van der Waals surface area contributed by atoms with Crippen LogP contribution in [0, 0.1) is 0 Å². The van der Waals surface area contributed by atoms with Gasteiger partial charge in [0.25, 0.3) is 0 Å². The lowest BCUT2D eigenvalue weighted by Crippen LogP contribution is -2.17. The van der Waals surface area contributed by atoms with Crippen LogP contribution >= 0.6 is 0 Å². The Labute approximate surface area is 199 Å². The number of hydrogen-bond acceptors (Lipinski definition) is 6. The number of amides is 1. The molecule has 0 unspecified atom stereocenters. The molecular weight excluding hydrogens is 446 g/mol. The zero-order valence-electron chi connectivity index (χ0n) is 18.3. The van der Waals surface area contributed by atoms with Gasteiger partial charge in [-0.15, -0.1) is 0 Å². The zero-order chi connectivity index (χ0) is 24.2. The molecule has 8 nitrogen and oxygen atoms in total. The number of aromatic carboxylic acids is 1. The number of carboxylic acid groups (broad SMARTS) is 1. The van der Waals surface area contributed by atoms with Gasteiger partial charge in [0.05, 0.1) is 11.9 Å². The van der Waals surface area contributed by atoms with Crippen molar-refractivity contribution in [2.45, 2.75) is 6.61 Å². The van der Waals surface area contributed by atoms with Crippen molar-refractivity contribution in [3.05, 3.63) is 103 Å². The van der Waals surface area contributed by atoms with Gasteiger partial charge in [-0.05, 0) is 29.3 Å². The molecule has 0 aliphatic rings. The second-order valence-electron chi connectivity index (χ2n) is 7.66. The van der Waals surface area contributed by atoms with Crippen LogP contribution in [0.15, 0.2) is 95.5 Å². The third-order valence-electron chi connectivity index (χ3n) is 5.28. The van der Waals surface area contributed by atoms with E-state index in [2.05, 4.69) is 15.3 Å². The highest BCUT2D eigenvalue weighted by Gasteiger charge is 2.18. The molecule has 5 aromatic rings. The second kappa shape index (κ2) is 9.48. The number of rotatable bonds is 6. The Balaban J connectivity index is 1.28. The maximum Gasteiger partial charge on any atom is 0.412 e. The number of fused-ring (bicyclic) bond motifs is 1. The van der Waals surface area contributed by atoms with Crippen LogP contribution in [-0.2, 0) is 11.3 Å². The smallest absolute Gasteiger partial charge is 0.412 e. The summed E-state index contributed by atoms with van der Waals surface area (Å²) in [5.41, 5.74) is 3.05. The maximum absolute atomic E-state index is 12.3. The van der Waals surface area contributed by atoms with Gasteiger partial charge in [-0.1, -0.05) is 66.7 Å². The normalized spacial score (nSPS) is 10.7. The molecule has 0 saturated heterocycles. The molecule has 0 saturated carbocycles. The molecule has 3 aromatic carbocycles. The fourth-order valence-electron chi connectivity index (χ4n) is 3.62. The Hall–Kier alpha value is -4.98. The first-order valence-corrected chi connectivity index (χ1v) is 10.7. The van der Waals surface area contributed by atoms with Gasteiger partial charge in [0.2, 0.25) is 0 Å². The SMILES string of the molecule is O=C(Nc1cnc(-c2ccccc2)nc1C(=O)O)OCc1cc2cc(-c3ccccc3)ccc2o1. The summed E-state index contributed by atoms with van der Waals surface area (Å²) in [6.45, 7) is -0.132. The summed E-state index contributed by atoms with van der Waals surface area (Å²) >= 11 is 0. The number of ether oxygens (including phenoxy) is 1. The highest BCUT2D eigenvalue weighted by molar-refractivity contribution is 5.97. The molecule has 0 spiro atoms. The lowest BCUT2D eigenvalue weighted by Gasteiger charge is -2.09. The molecule has 5 rings (SSSR count). The third kappa shape index (κ3) is 4.86. The van der Waals surface area contributed by atoms with Crippen LogP contribution in [0.25, 0.3) is 33.5 Å². The number of nitrogens with one attached hydrogen (secondary N) is 1. The summed E-state index contributed by atoms with van der Waals surface area (Å²) in [5, 5.41) is 12.8. The molecule has 0 aliphatic heterocycles.